The number of nitrogens with zero attached hydrogens (tertiary/aromatic N) is 2. The van der Waals surface area contributed by atoms with Gasteiger partial charge in [0.25, 0.3) is 0 Å². The predicted molar refractivity (Wildman–Crippen MR) is 76.0 cm³/mol. The summed E-state index contributed by atoms with van der Waals surface area (Å²) in [6.07, 6.45) is -3.89. The van der Waals surface area contributed by atoms with Crippen molar-refractivity contribution in [2.24, 2.45) is 11.8 Å². The Hall–Kier alpha value is -1.84. The normalized spacial score (nSPS) is 21.5. The number of alkyl halides is 3. The molecular formula is C13H16F3N3O3S. The molecule has 0 spiro atoms. The number of nitrogens with one attached hydrogen (secondary N) is 1. The van der Waals surface area contributed by atoms with Crippen LogP contribution in [-0.2, 0) is 17.8 Å². The topological polar surface area (TPSA) is 82.5 Å². The predicted octanol–water partition coefficient (Wildman–Crippen LogP) is 2.11. The van der Waals surface area contributed by atoms with Crippen LogP contribution in [-0.4, -0.2) is 46.3 Å². The third-order valence-corrected chi connectivity index (χ3v) is 4.71. The minimum Gasteiger partial charge on any atom is -0.481 e. The molecule has 0 aromatic carbocycles. The zero-order chi connectivity index (χ0) is 17.2. The first kappa shape index (κ1) is 17.5. The van der Waals surface area contributed by atoms with Gasteiger partial charge < -0.3 is 15.3 Å². The minimum atomic E-state index is -4.65. The fourth-order valence-corrected chi connectivity index (χ4v) is 3.17. The summed E-state index contributed by atoms with van der Waals surface area (Å²) >= 11 is 1.44. The van der Waals surface area contributed by atoms with E-state index in [1.54, 1.807) is 5.38 Å². The molecule has 1 aliphatic heterocycles. The van der Waals surface area contributed by atoms with E-state index < -0.39 is 43.1 Å². The van der Waals surface area contributed by atoms with Gasteiger partial charge >= 0.3 is 18.2 Å². The zero-order valence-electron chi connectivity index (χ0n) is 12.3. The molecule has 1 aromatic rings. The fraction of sp³-hybridized carbons (Fsp3) is 0.615. The Morgan fingerprint density at radius 2 is 2.17 bits per heavy atom. The molecule has 6 nitrogen and oxygen atoms in total. The number of carboxylic acids is 1. The summed E-state index contributed by atoms with van der Waals surface area (Å²) in [6, 6.07) is -0.714. The fourth-order valence-electron chi connectivity index (χ4n) is 2.42. The van der Waals surface area contributed by atoms with Crippen molar-refractivity contribution in [3.63, 3.8) is 0 Å². The number of aromatic nitrogens is 1. The van der Waals surface area contributed by atoms with E-state index in [0.717, 1.165) is 16.3 Å². The maximum absolute atomic E-state index is 12.9. The lowest BCUT2D eigenvalue weighted by Gasteiger charge is -2.18. The number of rotatable bonds is 4. The zero-order valence-corrected chi connectivity index (χ0v) is 13.1. The number of carbonyl (C=O) groups is 2. The average molecular weight is 351 g/mol. The molecule has 2 amide bonds. The van der Waals surface area contributed by atoms with Gasteiger partial charge in [-0.2, -0.15) is 13.2 Å². The number of hydrogen-bond acceptors (Lipinski definition) is 4. The molecule has 2 heterocycles. The van der Waals surface area contributed by atoms with Crippen LogP contribution in [0.15, 0.2) is 5.38 Å². The molecule has 2 atom stereocenters. The second-order valence-electron chi connectivity index (χ2n) is 5.24. The molecular weight excluding hydrogens is 335 g/mol. The van der Waals surface area contributed by atoms with E-state index in [9.17, 15) is 22.8 Å². The highest BCUT2D eigenvalue weighted by molar-refractivity contribution is 7.09. The van der Waals surface area contributed by atoms with Crippen molar-refractivity contribution in [1.82, 2.24) is 15.2 Å². The Morgan fingerprint density at radius 1 is 1.48 bits per heavy atom. The SMILES string of the molecule is CCc1nc(CNC(=O)N2C[C@@H](C(F)(F)F)[C@H](C(=O)O)C2)cs1. The van der Waals surface area contributed by atoms with Gasteiger partial charge in [0.15, 0.2) is 0 Å². The number of urea groups is 1. The molecule has 1 fully saturated rings. The molecule has 0 aliphatic carbocycles. The summed E-state index contributed by atoms with van der Waals surface area (Å²) < 4.78 is 38.6. The molecule has 0 radical (unpaired) electrons. The van der Waals surface area contributed by atoms with E-state index in [1.807, 2.05) is 6.92 Å². The number of carboxylic acid groups (broad SMARTS) is 1. The highest BCUT2D eigenvalue weighted by Crippen LogP contribution is 2.37. The van der Waals surface area contributed by atoms with Crippen LogP contribution < -0.4 is 5.32 Å². The molecule has 128 valence electrons. The van der Waals surface area contributed by atoms with Gasteiger partial charge in [-0.1, -0.05) is 6.92 Å². The van der Waals surface area contributed by atoms with Gasteiger partial charge in [-0.15, -0.1) is 11.3 Å². The number of aryl methyl sites for hydroxylation is 1. The summed E-state index contributed by atoms with van der Waals surface area (Å²) in [5.41, 5.74) is 0.626. The number of amides is 2. The monoisotopic (exact) mass is 351 g/mol. The Morgan fingerprint density at radius 3 is 2.65 bits per heavy atom. The Bertz CT molecular complexity index is 591. The van der Waals surface area contributed by atoms with Gasteiger partial charge in [0.05, 0.1) is 29.1 Å². The number of carbonyl (C=O) groups excluding carboxylic acids is 1. The van der Waals surface area contributed by atoms with Crippen LogP contribution in [0.3, 0.4) is 0 Å². The number of hydrogen-bond donors (Lipinski definition) is 2. The van der Waals surface area contributed by atoms with Gasteiger partial charge in [0, 0.05) is 18.5 Å². The summed E-state index contributed by atoms with van der Waals surface area (Å²) in [4.78, 5) is 28.1. The lowest BCUT2D eigenvalue weighted by atomic mass is 9.96. The van der Waals surface area contributed by atoms with Crippen LogP contribution >= 0.6 is 11.3 Å². The maximum Gasteiger partial charge on any atom is 0.394 e. The maximum atomic E-state index is 12.9. The highest BCUT2D eigenvalue weighted by Gasteiger charge is 2.53. The van der Waals surface area contributed by atoms with Gasteiger partial charge in [0.2, 0.25) is 0 Å². The van der Waals surface area contributed by atoms with Crippen molar-refractivity contribution >= 4 is 23.3 Å². The molecule has 23 heavy (non-hydrogen) atoms. The lowest BCUT2D eigenvalue weighted by Crippen LogP contribution is -2.39. The number of aliphatic carboxylic acids is 1. The molecule has 0 bridgehead atoms. The first-order valence-electron chi connectivity index (χ1n) is 6.98. The Kier molecular flexibility index (Phi) is 5.12. The average Bonchev–Trinajstić information content (AvgIpc) is 3.10. The van der Waals surface area contributed by atoms with E-state index in [2.05, 4.69) is 10.3 Å². The first-order chi connectivity index (χ1) is 10.7. The Labute approximate surface area is 134 Å². The van der Waals surface area contributed by atoms with Crippen LogP contribution in [0.5, 0.6) is 0 Å². The van der Waals surface area contributed by atoms with E-state index in [-0.39, 0.29) is 6.54 Å². The molecule has 0 unspecified atom stereocenters. The van der Waals surface area contributed by atoms with Crippen LogP contribution in [0.2, 0.25) is 0 Å². The van der Waals surface area contributed by atoms with Crippen LogP contribution in [0.1, 0.15) is 17.6 Å². The minimum absolute atomic E-state index is 0.0975. The summed E-state index contributed by atoms with van der Waals surface area (Å²) in [6.45, 7) is 0.932. The van der Waals surface area contributed by atoms with Crippen molar-refractivity contribution in [3.05, 3.63) is 16.1 Å². The largest absolute Gasteiger partial charge is 0.481 e. The van der Waals surface area contributed by atoms with Crippen LogP contribution in [0, 0.1) is 11.8 Å². The second kappa shape index (κ2) is 6.73. The molecule has 10 heteroatoms. The van der Waals surface area contributed by atoms with Gasteiger partial charge in [-0.05, 0) is 6.42 Å². The lowest BCUT2D eigenvalue weighted by molar-refractivity contribution is -0.187. The third-order valence-electron chi connectivity index (χ3n) is 3.67. The smallest absolute Gasteiger partial charge is 0.394 e. The van der Waals surface area contributed by atoms with Crippen LogP contribution in [0.25, 0.3) is 0 Å². The quantitative estimate of drug-likeness (QED) is 0.870. The third kappa shape index (κ3) is 4.12. The standard InChI is InChI=1S/C13H16F3N3O3S/c1-2-10-18-7(6-23-10)3-17-12(22)19-4-8(11(20)21)9(5-19)13(14,15)16/h6,8-9H,2-5H2,1H3,(H,17,22)(H,20,21)/t8-,9-/m1/s1. The van der Waals surface area contributed by atoms with Crippen LogP contribution in [0.4, 0.5) is 18.0 Å². The summed E-state index contributed by atoms with van der Waals surface area (Å²) in [5, 5.41) is 14.1. The first-order valence-corrected chi connectivity index (χ1v) is 7.86. The number of thiazole rings is 1. The summed E-state index contributed by atoms with van der Waals surface area (Å²) in [5.74, 6) is -5.22. The molecule has 2 N–H and O–H groups in total. The van der Waals surface area contributed by atoms with E-state index >= 15 is 0 Å². The summed E-state index contributed by atoms with van der Waals surface area (Å²) in [7, 11) is 0. The molecule has 0 saturated carbocycles. The van der Waals surface area contributed by atoms with E-state index in [1.165, 1.54) is 11.3 Å². The molecule has 2 rings (SSSR count). The molecule has 1 saturated heterocycles. The van der Waals surface area contributed by atoms with Gasteiger partial charge in [-0.25, -0.2) is 9.78 Å². The number of halogens is 3. The van der Waals surface area contributed by atoms with E-state index in [0.29, 0.717) is 5.69 Å². The molecule has 1 aliphatic rings. The van der Waals surface area contributed by atoms with Crippen molar-refractivity contribution in [1.29, 1.82) is 0 Å². The second-order valence-corrected chi connectivity index (χ2v) is 6.19. The van der Waals surface area contributed by atoms with Crippen molar-refractivity contribution < 1.29 is 27.9 Å². The molecule has 1 aromatic heterocycles. The van der Waals surface area contributed by atoms with Gasteiger partial charge in [-0.3, -0.25) is 4.79 Å². The number of likely N-dealkylation sites (tertiary alicyclic amines) is 1. The van der Waals surface area contributed by atoms with Crippen molar-refractivity contribution in [2.75, 3.05) is 13.1 Å². The van der Waals surface area contributed by atoms with Crippen molar-refractivity contribution in [3.8, 4) is 0 Å². The van der Waals surface area contributed by atoms with E-state index in [4.69, 9.17) is 5.11 Å². The van der Waals surface area contributed by atoms with Crippen molar-refractivity contribution in [2.45, 2.75) is 26.1 Å². The highest BCUT2D eigenvalue weighted by atomic mass is 32.1. The Balaban J connectivity index is 1.96. The van der Waals surface area contributed by atoms with Gasteiger partial charge in [0.1, 0.15) is 0 Å².